The predicted octanol–water partition coefficient (Wildman–Crippen LogP) is 6.31. The number of carbonyl (C=O) groups is 1. The predicted molar refractivity (Wildman–Crippen MR) is 135 cm³/mol. The fraction of sp³-hybridized carbons (Fsp3) is 0.120. The Kier molecular flexibility index (Phi) is 7.26. The zero-order chi connectivity index (χ0) is 23.2. The van der Waals surface area contributed by atoms with E-state index in [4.69, 9.17) is 14.2 Å². The van der Waals surface area contributed by atoms with Crippen LogP contribution < -0.4 is 19.5 Å². The summed E-state index contributed by atoms with van der Waals surface area (Å²) in [4.78, 5) is 16.9. The van der Waals surface area contributed by atoms with Crippen LogP contribution in [0.25, 0.3) is 16.3 Å². The number of halogens is 1. The van der Waals surface area contributed by atoms with E-state index >= 15 is 0 Å². The highest BCUT2D eigenvalue weighted by molar-refractivity contribution is 9.10. The third-order valence-corrected chi connectivity index (χ3v) is 6.25. The van der Waals surface area contributed by atoms with E-state index in [0.717, 1.165) is 31.6 Å². The van der Waals surface area contributed by atoms with Crippen LogP contribution in [0.1, 0.15) is 11.1 Å². The van der Waals surface area contributed by atoms with Gasteiger partial charge in [-0.1, -0.05) is 41.7 Å². The monoisotopic (exact) mass is 524 g/mol. The van der Waals surface area contributed by atoms with Gasteiger partial charge >= 0.3 is 0 Å². The third kappa shape index (κ3) is 5.71. The zero-order valence-corrected chi connectivity index (χ0v) is 20.4. The van der Waals surface area contributed by atoms with E-state index in [0.29, 0.717) is 23.2 Å². The van der Waals surface area contributed by atoms with Crippen molar-refractivity contribution in [2.24, 2.45) is 0 Å². The first-order chi connectivity index (χ1) is 16.1. The van der Waals surface area contributed by atoms with E-state index in [-0.39, 0.29) is 5.91 Å². The Balaban J connectivity index is 1.44. The molecule has 4 aromatic rings. The molecule has 0 bridgehead atoms. The Labute approximate surface area is 204 Å². The summed E-state index contributed by atoms with van der Waals surface area (Å²) in [6.07, 6.45) is 3.16. The van der Waals surface area contributed by atoms with Crippen molar-refractivity contribution < 1.29 is 19.0 Å². The second kappa shape index (κ2) is 10.5. The number of rotatable bonds is 8. The number of carbonyl (C=O) groups excluding carboxylic acids is 1. The number of ether oxygens (including phenoxy) is 3. The minimum absolute atomic E-state index is 0.277. The van der Waals surface area contributed by atoms with Crippen LogP contribution in [-0.4, -0.2) is 25.1 Å². The Hall–Kier alpha value is -3.36. The summed E-state index contributed by atoms with van der Waals surface area (Å²) in [5.41, 5.74) is 2.65. The number of nitrogens with zero attached hydrogens (tertiary/aromatic N) is 1. The van der Waals surface area contributed by atoms with Crippen LogP contribution in [0, 0.1) is 0 Å². The van der Waals surface area contributed by atoms with Crippen molar-refractivity contribution in [3.63, 3.8) is 0 Å². The standard InChI is InChI=1S/C25H21BrN2O4S/c1-30-18-9-10-20-22(14-18)33-25(27-20)28-23(29)11-8-17-12-19(26)24(21(13-17)31-2)32-15-16-6-4-3-5-7-16/h3-14H,15H2,1-2H3,(H,27,28,29)/b11-8+. The largest absolute Gasteiger partial charge is 0.497 e. The topological polar surface area (TPSA) is 69.7 Å². The molecule has 0 aliphatic heterocycles. The highest BCUT2D eigenvalue weighted by Gasteiger charge is 2.12. The summed E-state index contributed by atoms with van der Waals surface area (Å²) in [6, 6.07) is 19.2. The molecule has 0 aliphatic rings. The van der Waals surface area contributed by atoms with Crippen LogP contribution in [0.5, 0.6) is 17.2 Å². The van der Waals surface area contributed by atoms with Gasteiger partial charge in [0.25, 0.3) is 0 Å². The normalized spacial score (nSPS) is 11.0. The summed E-state index contributed by atoms with van der Waals surface area (Å²) in [7, 11) is 3.20. The van der Waals surface area contributed by atoms with Crippen LogP contribution >= 0.6 is 27.3 Å². The lowest BCUT2D eigenvalue weighted by molar-refractivity contribution is -0.111. The summed E-state index contributed by atoms with van der Waals surface area (Å²) in [5, 5.41) is 3.33. The van der Waals surface area contributed by atoms with Crippen molar-refractivity contribution in [2.45, 2.75) is 6.61 Å². The summed E-state index contributed by atoms with van der Waals surface area (Å²) < 4.78 is 18.4. The number of hydrogen-bond acceptors (Lipinski definition) is 6. The molecule has 0 saturated carbocycles. The molecule has 1 amide bonds. The SMILES string of the molecule is COc1ccc2nc(NC(=O)/C=C/c3cc(Br)c(OCc4ccccc4)c(OC)c3)sc2c1. The Morgan fingerprint density at radius 3 is 2.67 bits per heavy atom. The molecule has 1 N–H and O–H groups in total. The molecular weight excluding hydrogens is 504 g/mol. The maximum absolute atomic E-state index is 12.4. The van der Waals surface area contributed by atoms with E-state index in [1.807, 2.05) is 60.7 Å². The van der Waals surface area contributed by atoms with Gasteiger partial charge in [-0.3, -0.25) is 10.1 Å². The molecule has 0 saturated heterocycles. The second-order valence-corrected chi connectivity index (χ2v) is 8.87. The van der Waals surface area contributed by atoms with Crippen molar-refractivity contribution in [3.05, 3.63) is 82.3 Å². The lowest BCUT2D eigenvalue weighted by Gasteiger charge is -2.13. The van der Waals surface area contributed by atoms with Crippen LogP contribution in [-0.2, 0) is 11.4 Å². The van der Waals surface area contributed by atoms with Gasteiger partial charge in [0.05, 0.1) is 28.9 Å². The van der Waals surface area contributed by atoms with Gasteiger partial charge in [-0.25, -0.2) is 4.98 Å². The van der Waals surface area contributed by atoms with Gasteiger partial charge in [-0.15, -0.1) is 0 Å². The molecule has 4 rings (SSSR count). The van der Waals surface area contributed by atoms with Gasteiger partial charge in [0.1, 0.15) is 12.4 Å². The lowest BCUT2D eigenvalue weighted by atomic mass is 10.2. The van der Waals surface area contributed by atoms with Crippen LogP contribution in [0.15, 0.2) is 71.2 Å². The minimum Gasteiger partial charge on any atom is -0.497 e. The van der Waals surface area contributed by atoms with Crippen molar-refractivity contribution in [1.29, 1.82) is 0 Å². The van der Waals surface area contributed by atoms with Crippen molar-refractivity contribution in [1.82, 2.24) is 4.98 Å². The minimum atomic E-state index is -0.277. The Morgan fingerprint density at radius 1 is 1.09 bits per heavy atom. The first-order valence-electron chi connectivity index (χ1n) is 10.0. The lowest BCUT2D eigenvalue weighted by Crippen LogP contribution is -2.07. The number of thiazole rings is 1. The average Bonchev–Trinajstić information content (AvgIpc) is 3.23. The number of fused-ring (bicyclic) bond motifs is 1. The molecule has 0 fully saturated rings. The van der Waals surface area contributed by atoms with E-state index in [2.05, 4.69) is 26.2 Å². The van der Waals surface area contributed by atoms with Crippen LogP contribution in [0.3, 0.4) is 0 Å². The van der Waals surface area contributed by atoms with E-state index < -0.39 is 0 Å². The first-order valence-corrected chi connectivity index (χ1v) is 11.6. The van der Waals surface area contributed by atoms with Crippen molar-refractivity contribution in [2.75, 3.05) is 19.5 Å². The summed E-state index contributed by atoms with van der Waals surface area (Å²) in [5.74, 6) is 1.65. The number of anilines is 1. The van der Waals surface area contributed by atoms with Gasteiger partial charge in [0, 0.05) is 6.08 Å². The van der Waals surface area contributed by atoms with Crippen LogP contribution in [0.2, 0.25) is 0 Å². The van der Waals surface area contributed by atoms with Gasteiger partial charge in [-0.05, 0) is 63.5 Å². The van der Waals surface area contributed by atoms with Gasteiger partial charge in [-0.2, -0.15) is 0 Å². The number of methoxy groups -OCH3 is 2. The maximum atomic E-state index is 12.4. The molecule has 0 aliphatic carbocycles. The quantitative estimate of drug-likeness (QED) is 0.273. The van der Waals surface area contributed by atoms with Crippen LogP contribution in [0.4, 0.5) is 5.13 Å². The summed E-state index contributed by atoms with van der Waals surface area (Å²) in [6.45, 7) is 0.418. The van der Waals surface area contributed by atoms with Gasteiger partial charge in [0.2, 0.25) is 5.91 Å². The number of nitrogens with one attached hydrogen (secondary N) is 1. The van der Waals surface area contributed by atoms with E-state index in [1.165, 1.54) is 17.4 Å². The van der Waals surface area contributed by atoms with E-state index in [1.54, 1.807) is 20.3 Å². The van der Waals surface area contributed by atoms with Gasteiger partial charge in [0.15, 0.2) is 16.6 Å². The molecule has 0 spiro atoms. The highest BCUT2D eigenvalue weighted by Crippen LogP contribution is 2.37. The number of hydrogen-bond donors (Lipinski definition) is 1. The fourth-order valence-corrected chi connectivity index (χ4v) is 4.58. The Bertz CT molecular complexity index is 1300. The number of aromatic nitrogens is 1. The smallest absolute Gasteiger partial charge is 0.250 e. The fourth-order valence-electron chi connectivity index (χ4n) is 3.11. The maximum Gasteiger partial charge on any atom is 0.250 e. The second-order valence-electron chi connectivity index (χ2n) is 6.98. The molecule has 8 heteroatoms. The van der Waals surface area contributed by atoms with Crippen molar-refractivity contribution in [3.8, 4) is 17.2 Å². The first kappa shape index (κ1) is 22.8. The Morgan fingerprint density at radius 2 is 1.91 bits per heavy atom. The molecular formula is C25H21BrN2O4S. The van der Waals surface area contributed by atoms with Crippen molar-refractivity contribution >= 4 is 54.6 Å². The van der Waals surface area contributed by atoms with Gasteiger partial charge < -0.3 is 14.2 Å². The summed E-state index contributed by atoms with van der Waals surface area (Å²) >= 11 is 4.94. The number of amides is 1. The van der Waals surface area contributed by atoms with E-state index in [9.17, 15) is 4.79 Å². The molecule has 6 nitrogen and oxygen atoms in total. The average molecular weight is 525 g/mol. The molecule has 1 heterocycles. The molecule has 168 valence electrons. The zero-order valence-electron chi connectivity index (χ0n) is 18.0. The third-order valence-electron chi connectivity index (χ3n) is 4.73. The molecule has 3 aromatic carbocycles. The molecule has 0 unspecified atom stereocenters. The highest BCUT2D eigenvalue weighted by atomic mass is 79.9. The molecule has 33 heavy (non-hydrogen) atoms. The molecule has 1 aromatic heterocycles. The molecule has 0 atom stereocenters. The number of benzene rings is 3. The molecule has 0 radical (unpaired) electrons.